The maximum absolute atomic E-state index is 12.9. The molecule has 8 heteroatoms. The number of amides is 2. The molecule has 2 aromatic rings. The first-order valence-electron chi connectivity index (χ1n) is 10.8. The van der Waals surface area contributed by atoms with Crippen LogP contribution >= 0.6 is 11.6 Å². The zero-order valence-corrected chi connectivity index (χ0v) is 18.1. The SMILES string of the molecule is O=C(NCCc1ccc(Cl)cc1)C1CCN(C(=O)C2CC(c3cccnc3)NN2)CC1. The summed E-state index contributed by atoms with van der Waals surface area (Å²) in [6, 6.07) is 11.4. The van der Waals surface area contributed by atoms with Gasteiger partial charge in [0.1, 0.15) is 6.04 Å². The molecule has 2 aliphatic rings. The molecule has 164 valence electrons. The number of nitrogens with one attached hydrogen (secondary N) is 3. The summed E-state index contributed by atoms with van der Waals surface area (Å²) in [7, 11) is 0. The lowest BCUT2D eigenvalue weighted by Crippen LogP contribution is -2.49. The van der Waals surface area contributed by atoms with E-state index in [2.05, 4.69) is 21.2 Å². The number of pyridine rings is 1. The van der Waals surface area contributed by atoms with Crippen molar-refractivity contribution in [2.45, 2.75) is 37.8 Å². The Hall–Kier alpha value is -2.48. The van der Waals surface area contributed by atoms with Crippen LogP contribution in [0.5, 0.6) is 0 Å². The Morgan fingerprint density at radius 3 is 2.61 bits per heavy atom. The summed E-state index contributed by atoms with van der Waals surface area (Å²) in [5.41, 5.74) is 8.54. The van der Waals surface area contributed by atoms with Crippen molar-refractivity contribution in [3.8, 4) is 0 Å². The van der Waals surface area contributed by atoms with Crippen LogP contribution in [0.25, 0.3) is 0 Å². The monoisotopic (exact) mass is 441 g/mol. The van der Waals surface area contributed by atoms with Crippen molar-refractivity contribution in [3.05, 3.63) is 64.9 Å². The fraction of sp³-hybridized carbons (Fsp3) is 0.435. The molecular formula is C23H28ClN5O2. The number of hydrogen-bond acceptors (Lipinski definition) is 5. The van der Waals surface area contributed by atoms with Gasteiger partial charge in [-0.2, -0.15) is 0 Å². The highest BCUT2D eigenvalue weighted by Crippen LogP contribution is 2.24. The minimum absolute atomic E-state index is 0.0351. The molecule has 2 amide bonds. The predicted octanol–water partition coefficient (Wildman–Crippen LogP) is 2.24. The zero-order chi connectivity index (χ0) is 21.6. The molecule has 2 atom stereocenters. The number of likely N-dealkylation sites (tertiary alicyclic amines) is 1. The van der Waals surface area contributed by atoms with Gasteiger partial charge in [-0.05, 0) is 55.0 Å². The van der Waals surface area contributed by atoms with Crippen LogP contribution in [0.4, 0.5) is 0 Å². The van der Waals surface area contributed by atoms with E-state index in [0.29, 0.717) is 43.9 Å². The Labute approximate surface area is 187 Å². The van der Waals surface area contributed by atoms with Gasteiger partial charge >= 0.3 is 0 Å². The summed E-state index contributed by atoms with van der Waals surface area (Å²) in [5, 5.41) is 3.75. The molecule has 0 bridgehead atoms. The van der Waals surface area contributed by atoms with Crippen molar-refractivity contribution in [1.82, 2.24) is 26.1 Å². The number of aromatic nitrogens is 1. The molecule has 2 aliphatic heterocycles. The van der Waals surface area contributed by atoms with E-state index in [0.717, 1.165) is 17.5 Å². The second-order valence-electron chi connectivity index (χ2n) is 8.18. The van der Waals surface area contributed by atoms with Crippen LogP contribution in [0.3, 0.4) is 0 Å². The molecule has 0 saturated carbocycles. The third-order valence-corrected chi connectivity index (χ3v) is 6.34. The van der Waals surface area contributed by atoms with Crippen LogP contribution in [0.1, 0.15) is 36.4 Å². The molecule has 4 rings (SSSR count). The lowest BCUT2D eigenvalue weighted by atomic mass is 9.94. The molecule has 2 unspecified atom stereocenters. The van der Waals surface area contributed by atoms with Crippen molar-refractivity contribution in [3.63, 3.8) is 0 Å². The number of benzene rings is 1. The molecule has 2 saturated heterocycles. The maximum Gasteiger partial charge on any atom is 0.241 e. The van der Waals surface area contributed by atoms with Crippen LogP contribution in [0.15, 0.2) is 48.8 Å². The van der Waals surface area contributed by atoms with Gasteiger partial charge in [-0.25, -0.2) is 10.9 Å². The van der Waals surface area contributed by atoms with Crippen molar-refractivity contribution in [2.75, 3.05) is 19.6 Å². The molecule has 1 aromatic heterocycles. The Morgan fingerprint density at radius 2 is 1.90 bits per heavy atom. The van der Waals surface area contributed by atoms with Gasteiger partial charge in [0.15, 0.2) is 0 Å². The first kappa shape index (κ1) is 21.7. The van der Waals surface area contributed by atoms with Crippen molar-refractivity contribution in [1.29, 1.82) is 0 Å². The average Bonchev–Trinajstić information content (AvgIpc) is 3.31. The molecule has 7 nitrogen and oxygen atoms in total. The largest absolute Gasteiger partial charge is 0.356 e. The van der Waals surface area contributed by atoms with Gasteiger partial charge in [0.2, 0.25) is 11.8 Å². The van der Waals surface area contributed by atoms with E-state index in [9.17, 15) is 9.59 Å². The van der Waals surface area contributed by atoms with Crippen LogP contribution in [0.2, 0.25) is 5.02 Å². The first-order chi connectivity index (χ1) is 15.1. The summed E-state index contributed by atoms with van der Waals surface area (Å²) in [4.78, 5) is 31.4. The predicted molar refractivity (Wildman–Crippen MR) is 119 cm³/mol. The van der Waals surface area contributed by atoms with Crippen LogP contribution < -0.4 is 16.2 Å². The number of piperidine rings is 1. The second kappa shape index (κ2) is 10.2. The Balaban J connectivity index is 1.19. The first-order valence-corrected chi connectivity index (χ1v) is 11.2. The molecule has 3 N–H and O–H groups in total. The van der Waals surface area contributed by atoms with Crippen molar-refractivity contribution >= 4 is 23.4 Å². The van der Waals surface area contributed by atoms with Crippen LogP contribution in [-0.4, -0.2) is 47.4 Å². The van der Waals surface area contributed by atoms with E-state index < -0.39 is 0 Å². The maximum atomic E-state index is 12.9. The number of carbonyl (C=O) groups excluding carboxylic acids is 2. The standard InChI is InChI=1S/C23H28ClN5O2/c24-19-5-3-16(4-6-19)7-11-26-22(30)17-8-12-29(13-9-17)23(31)21-14-20(27-28-21)18-2-1-10-25-15-18/h1-6,10,15,17,20-21,27-28H,7-9,11-14H2,(H,26,30). The summed E-state index contributed by atoms with van der Waals surface area (Å²) >= 11 is 5.90. The van der Waals surface area contributed by atoms with E-state index in [4.69, 9.17) is 11.6 Å². The number of halogens is 1. The molecule has 2 fully saturated rings. The molecule has 3 heterocycles. The van der Waals surface area contributed by atoms with Gasteiger partial charge in [0, 0.05) is 49.0 Å². The zero-order valence-electron chi connectivity index (χ0n) is 17.4. The minimum Gasteiger partial charge on any atom is -0.356 e. The van der Waals surface area contributed by atoms with E-state index in [1.165, 1.54) is 0 Å². The van der Waals surface area contributed by atoms with Gasteiger partial charge in [0.05, 0.1) is 0 Å². The van der Waals surface area contributed by atoms with Gasteiger partial charge in [-0.1, -0.05) is 29.8 Å². The molecular weight excluding hydrogens is 414 g/mol. The summed E-state index contributed by atoms with van der Waals surface area (Å²) < 4.78 is 0. The number of hydrogen-bond donors (Lipinski definition) is 3. The Bertz CT molecular complexity index is 885. The summed E-state index contributed by atoms with van der Waals surface area (Å²) in [6.45, 7) is 1.83. The van der Waals surface area contributed by atoms with Crippen molar-refractivity contribution in [2.24, 2.45) is 5.92 Å². The van der Waals surface area contributed by atoms with Gasteiger partial charge in [-0.3, -0.25) is 14.6 Å². The third-order valence-electron chi connectivity index (χ3n) is 6.09. The van der Waals surface area contributed by atoms with Gasteiger partial charge in [0.25, 0.3) is 0 Å². The second-order valence-corrected chi connectivity index (χ2v) is 8.62. The average molecular weight is 442 g/mol. The fourth-order valence-electron chi connectivity index (χ4n) is 4.23. The fourth-order valence-corrected chi connectivity index (χ4v) is 4.35. The number of carbonyl (C=O) groups is 2. The molecule has 31 heavy (non-hydrogen) atoms. The number of hydrazine groups is 1. The minimum atomic E-state index is -0.255. The van der Waals surface area contributed by atoms with Gasteiger partial charge in [-0.15, -0.1) is 0 Å². The highest BCUT2D eigenvalue weighted by atomic mass is 35.5. The topological polar surface area (TPSA) is 86.4 Å². The lowest BCUT2D eigenvalue weighted by molar-refractivity contribution is -0.137. The van der Waals surface area contributed by atoms with Gasteiger partial charge < -0.3 is 10.2 Å². The highest BCUT2D eigenvalue weighted by molar-refractivity contribution is 6.30. The van der Waals surface area contributed by atoms with Crippen LogP contribution in [-0.2, 0) is 16.0 Å². The highest BCUT2D eigenvalue weighted by Gasteiger charge is 2.35. The molecule has 1 aromatic carbocycles. The quantitative estimate of drug-likeness (QED) is 0.640. The van der Waals surface area contributed by atoms with E-state index in [1.807, 2.05) is 47.5 Å². The van der Waals surface area contributed by atoms with E-state index >= 15 is 0 Å². The normalized spacial score (nSPS) is 21.8. The summed E-state index contributed by atoms with van der Waals surface area (Å²) in [5.74, 6) is 0.144. The summed E-state index contributed by atoms with van der Waals surface area (Å²) in [6.07, 6.45) is 6.43. The molecule has 0 aliphatic carbocycles. The lowest BCUT2D eigenvalue weighted by Gasteiger charge is -2.32. The molecule has 0 radical (unpaired) electrons. The Morgan fingerprint density at radius 1 is 1.13 bits per heavy atom. The van der Waals surface area contributed by atoms with E-state index in [-0.39, 0.29) is 29.8 Å². The van der Waals surface area contributed by atoms with E-state index in [1.54, 1.807) is 6.20 Å². The smallest absolute Gasteiger partial charge is 0.241 e. The number of rotatable bonds is 6. The third kappa shape index (κ3) is 5.61. The molecule has 0 spiro atoms. The van der Waals surface area contributed by atoms with Crippen LogP contribution in [0, 0.1) is 5.92 Å². The number of nitrogens with zero attached hydrogens (tertiary/aromatic N) is 2. The van der Waals surface area contributed by atoms with Crippen molar-refractivity contribution < 1.29 is 9.59 Å². The Kier molecular flexibility index (Phi) is 7.17.